The van der Waals surface area contributed by atoms with Crippen molar-refractivity contribution in [3.8, 4) is 5.75 Å². The number of carbonyl (C=O) groups is 1. The molecule has 122 valence electrons. The third-order valence-electron chi connectivity index (χ3n) is 2.84. The van der Waals surface area contributed by atoms with E-state index in [0.29, 0.717) is 15.9 Å². The van der Waals surface area contributed by atoms with Gasteiger partial charge in [-0.25, -0.2) is 0 Å². The lowest BCUT2D eigenvalue weighted by Crippen LogP contribution is -2.10. The standard InChI is InChI=1S/C14H10N4O5S/c19-13(11-2-1-7-22-11)15-14-17-16-12(24-14)8-23-10-5-3-9(4-6-10)18(20)21/h1-7H,8H2,(H,15,17,19). The van der Waals surface area contributed by atoms with Crippen molar-refractivity contribution in [2.45, 2.75) is 6.61 Å². The van der Waals surface area contributed by atoms with Gasteiger partial charge in [-0.2, -0.15) is 0 Å². The molecule has 0 saturated heterocycles. The van der Waals surface area contributed by atoms with Crippen LogP contribution in [0, 0.1) is 10.1 Å². The highest BCUT2D eigenvalue weighted by Gasteiger charge is 2.12. The molecule has 1 N–H and O–H groups in total. The van der Waals surface area contributed by atoms with E-state index >= 15 is 0 Å². The fraction of sp³-hybridized carbons (Fsp3) is 0.0714. The number of rotatable bonds is 6. The van der Waals surface area contributed by atoms with Gasteiger partial charge >= 0.3 is 0 Å². The molecule has 2 aromatic heterocycles. The van der Waals surface area contributed by atoms with Gasteiger partial charge in [0.2, 0.25) is 5.13 Å². The first kappa shape index (κ1) is 15.6. The average Bonchev–Trinajstić information content (AvgIpc) is 3.25. The van der Waals surface area contributed by atoms with Crippen molar-refractivity contribution in [1.82, 2.24) is 10.2 Å². The first-order valence-electron chi connectivity index (χ1n) is 6.66. The van der Waals surface area contributed by atoms with Gasteiger partial charge in [-0.1, -0.05) is 11.3 Å². The van der Waals surface area contributed by atoms with E-state index in [1.807, 2.05) is 0 Å². The molecule has 0 bridgehead atoms. The highest BCUT2D eigenvalue weighted by atomic mass is 32.1. The zero-order chi connectivity index (χ0) is 16.9. The van der Waals surface area contributed by atoms with Crippen LogP contribution in [0.1, 0.15) is 15.6 Å². The number of ether oxygens (including phenoxy) is 1. The summed E-state index contributed by atoms with van der Waals surface area (Å²) in [5.74, 6) is 0.227. The number of furan rings is 1. The minimum atomic E-state index is -0.484. The fourth-order valence-electron chi connectivity index (χ4n) is 1.74. The Morgan fingerprint density at radius 2 is 2.08 bits per heavy atom. The summed E-state index contributed by atoms with van der Waals surface area (Å²) in [5.41, 5.74) is -0.0128. The molecule has 3 rings (SSSR count). The molecule has 0 aliphatic carbocycles. The normalized spacial score (nSPS) is 10.3. The van der Waals surface area contributed by atoms with Crippen LogP contribution >= 0.6 is 11.3 Å². The lowest BCUT2D eigenvalue weighted by Gasteiger charge is -2.02. The topological polar surface area (TPSA) is 120 Å². The summed E-state index contributed by atoms with van der Waals surface area (Å²) in [6.45, 7) is 0.131. The summed E-state index contributed by atoms with van der Waals surface area (Å²) in [6, 6.07) is 8.85. The molecule has 0 aliphatic rings. The average molecular weight is 346 g/mol. The van der Waals surface area contributed by atoms with Gasteiger partial charge in [0.05, 0.1) is 11.2 Å². The Bertz CT molecular complexity index is 844. The lowest BCUT2D eigenvalue weighted by molar-refractivity contribution is -0.384. The Hall–Kier alpha value is -3.27. The zero-order valence-corrected chi connectivity index (χ0v) is 12.9. The van der Waals surface area contributed by atoms with E-state index in [4.69, 9.17) is 9.15 Å². The van der Waals surface area contributed by atoms with E-state index < -0.39 is 10.8 Å². The van der Waals surface area contributed by atoms with Crippen molar-refractivity contribution < 1.29 is 18.9 Å². The molecule has 0 spiro atoms. The third kappa shape index (κ3) is 3.73. The van der Waals surface area contributed by atoms with Crippen LogP contribution in [0.15, 0.2) is 47.1 Å². The van der Waals surface area contributed by atoms with Crippen molar-refractivity contribution in [3.05, 3.63) is 63.5 Å². The minimum Gasteiger partial charge on any atom is -0.486 e. The number of carbonyl (C=O) groups excluding carboxylic acids is 1. The molecule has 1 aromatic carbocycles. The predicted octanol–water partition coefficient (Wildman–Crippen LogP) is 2.87. The van der Waals surface area contributed by atoms with Gasteiger partial charge in [-0.15, -0.1) is 10.2 Å². The number of anilines is 1. The van der Waals surface area contributed by atoms with E-state index in [9.17, 15) is 14.9 Å². The van der Waals surface area contributed by atoms with Gasteiger partial charge in [0.15, 0.2) is 10.8 Å². The Labute approximate surface area is 139 Å². The van der Waals surface area contributed by atoms with E-state index in [1.54, 1.807) is 6.07 Å². The molecule has 0 aliphatic heterocycles. The second-order valence-electron chi connectivity index (χ2n) is 4.47. The van der Waals surface area contributed by atoms with Crippen molar-refractivity contribution in [1.29, 1.82) is 0 Å². The maximum absolute atomic E-state index is 11.8. The monoisotopic (exact) mass is 346 g/mol. The van der Waals surface area contributed by atoms with Crippen LogP contribution in [0.2, 0.25) is 0 Å². The Morgan fingerprint density at radius 3 is 2.75 bits per heavy atom. The lowest BCUT2D eigenvalue weighted by atomic mass is 10.3. The second-order valence-corrected chi connectivity index (χ2v) is 5.53. The van der Waals surface area contributed by atoms with Crippen LogP contribution in [0.5, 0.6) is 5.75 Å². The molecule has 24 heavy (non-hydrogen) atoms. The molecular weight excluding hydrogens is 336 g/mol. The van der Waals surface area contributed by atoms with Gasteiger partial charge in [0.25, 0.3) is 11.6 Å². The third-order valence-corrected chi connectivity index (χ3v) is 3.65. The van der Waals surface area contributed by atoms with Crippen LogP contribution in [0.4, 0.5) is 10.8 Å². The van der Waals surface area contributed by atoms with Crippen LogP contribution in [-0.2, 0) is 6.61 Å². The fourth-order valence-corrected chi connectivity index (χ4v) is 2.39. The van der Waals surface area contributed by atoms with Gasteiger partial charge < -0.3 is 9.15 Å². The minimum absolute atomic E-state index is 0.0128. The van der Waals surface area contributed by atoms with Gasteiger partial charge in [0.1, 0.15) is 12.4 Å². The summed E-state index contributed by atoms with van der Waals surface area (Å²) < 4.78 is 10.4. The molecular formula is C14H10N4O5S. The largest absolute Gasteiger partial charge is 0.486 e. The molecule has 0 saturated carbocycles. The molecule has 0 radical (unpaired) electrons. The van der Waals surface area contributed by atoms with Gasteiger partial charge in [-0.3, -0.25) is 20.2 Å². The number of non-ortho nitro benzene ring substituents is 1. The summed E-state index contributed by atoms with van der Waals surface area (Å²) >= 11 is 1.16. The summed E-state index contributed by atoms with van der Waals surface area (Å²) in [6.07, 6.45) is 1.40. The summed E-state index contributed by atoms with van der Waals surface area (Å²) in [5, 5.41) is 21.7. The maximum atomic E-state index is 11.8. The molecule has 0 fully saturated rings. The van der Waals surface area contributed by atoms with Gasteiger partial charge in [-0.05, 0) is 24.3 Å². The quantitative estimate of drug-likeness (QED) is 0.538. The van der Waals surface area contributed by atoms with E-state index in [1.165, 1.54) is 36.6 Å². The smallest absolute Gasteiger partial charge is 0.293 e. The Balaban J connectivity index is 1.56. The van der Waals surface area contributed by atoms with Crippen molar-refractivity contribution in [2.75, 3.05) is 5.32 Å². The number of aromatic nitrogens is 2. The number of hydrogen-bond acceptors (Lipinski definition) is 8. The maximum Gasteiger partial charge on any atom is 0.293 e. The highest BCUT2D eigenvalue weighted by Crippen LogP contribution is 2.21. The number of nitro groups is 1. The number of nitro benzene ring substituents is 1. The molecule has 3 aromatic rings. The van der Waals surface area contributed by atoms with E-state index in [2.05, 4.69) is 15.5 Å². The van der Waals surface area contributed by atoms with E-state index in [-0.39, 0.29) is 18.1 Å². The molecule has 10 heteroatoms. The Morgan fingerprint density at radius 1 is 1.29 bits per heavy atom. The molecule has 9 nitrogen and oxygen atoms in total. The van der Waals surface area contributed by atoms with Crippen molar-refractivity contribution in [3.63, 3.8) is 0 Å². The van der Waals surface area contributed by atoms with Crippen LogP contribution in [-0.4, -0.2) is 21.0 Å². The number of nitrogens with zero attached hydrogens (tertiary/aromatic N) is 3. The number of hydrogen-bond donors (Lipinski definition) is 1. The second kappa shape index (κ2) is 6.87. The van der Waals surface area contributed by atoms with Crippen LogP contribution in [0.25, 0.3) is 0 Å². The first-order valence-corrected chi connectivity index (χ1v) is 7.48. The highest BCUT2D eigenvalue weighted by molar-refractivity contribution is 7.15. The Kier molecular flexibility index (Phi) is 4.47. The number of amides is 1. The van der Waals surface area contributed by atoms with Crippen molar-refractivity contribution >= 4 is 28.1 Å². The number of benzene rings is 1. The summed E-state index contributed by atoms with van der Waals surface area (Å²) in [4.78, 5) is 21.9. The SMILES string of the molecule is O=C(Nc1nnc(COc2ccc([N+](=O)[O-])cc2)s1)c1ccco1. The predicted molar refractivity (Wildman–Crippen MR) is 84.0 cm³/mol. The first-order chi connectivity index (χ1) is 11.6. The van der Waals surface area contributed by atoms with Crippen LogP contribution in [0.3, 0.4) is 0 Å². The molecule has 2 heterocycles. The zero-order valence-electron chi connectivity index (χ0n) is 12.0. The molecule has 1 amide bonds. The van der Waals surface area contributed by atoms with Crippen molar-refractivity contribution in [2.24, 2.45) is 0 Å². The summed E-state index contributed by atoms with van der Waals surface area (Å²) in [7, 11) is 0. The van der Waals surface area contributed by atoms with Crippen LogP contribution < -0.4 is 10.1 Å². The number of nitrogens with one attached hydrogen (secondary N) is 1. The van der Waals surface area contributed by atoms with Gasteiger partial charge in [0, 0.05) is 12.1 Å². The van der Waals surface area contributed by atoms with E-state index in [0.717, 1.165) is 11.3 Å². The molecule has 0 unspecified atom stereocenters. The molecule has 0 atom stereocenters.